The van der Waals surface area contributed by atoms with Gasteiger partial charge in [-0.25, -0.2) is 8.42 Å². The van der Waals surface area contributed by atoms with E-state index in [0.29, 0.717) is 11.3 Å². The van der Waals surface area contributed by atoms with Gasteiger partial charge in [0.05, 0.1) is 4.90 Å². The Morgan fingerprint density at radius 2 is 1.47 bits per heavy atom. The topological polar surface area (TPSA) is 83.5 Å². The van der Waals surface area contributed by atoms with Crippen LogP contribution in [0.5, 0.6) is 0 Å². The fraction of sp³-hybridized carbons (Fsp3) is 0.130. The van der Waals surface area contributed by atoms with E-state index in [9.17, 15) is 18.0 Å². The number of nitrogens with one attached hydrogen (secondary N) is 1. The van der Waals surface area contributed by atoms with E-state index in [2.05, 4.69) is 5.32 Å². The van der Waals surface area contributed by atoms with Gasteiger partial charge in [-0.05, 0) is 36.8 Å². The van der Waals surface area contributed by atoms with Crippen molar-refractivity contribution in [3.8, 4) is 0 Å². The number of rotatable bonds is 7. The normalized spacial score (nSPS) is 11.3. The molecule has 30 heavy (non-hydrogen) atoms. The lowest BCUT2D eigenvalue weighted by atomic mass is 10.1. The third kappa shape index (κ3) is 5.00. The zero-order valence-electron chi connectivity index (χ0n) is 16.7. The minimum absolute atomic E-state index is 0.101. The molecule has 3 rings (SSSR count). The molecular weight excluding hydrogens is 400 g/mol. The third-order valence-electron chi connectivity index (χ3n) is 4.59. The van der Waals surface area contributed by atoms with Crippen molar-refractivity contribution in [2.75, 3.05) is 12.4 Å². The van der Waals surface area contributed by atoms with E-state index < -0.39 is 21.7 Å². The number of hydrogen-bond acceptors (Lipinski definition) is 4. The van der Waals surface area contributed by atoms with Crippen LogP contribution in [0.1, 0.15) is 21.5 Å². The van der Waals surface area contributed by atoms with Crippen molar-refractivity contribution >= 4 is 27.4 Å². The van der Waals surface area contributed by atoms with E-state index >= 15 is 0 Å². The number of ketones is 1. The van der Waals surface area contributed by atoms with Crippen LogP contribution in [0.4, 0.5) is 5.69 Å². The summed E-state index contributed by atoms with van der Waals surface area (Å²) in [6, 6.07) is 21.7. The number of nitrogens with zero attached hydrogens (tertiary/aromatic N) is 1. The molecule has 0 unspecified atom stereocenters. The molecule has 7 heteroatoms. The molecule has 3 aromatic rings. The second-order valence-electron chi connectivity index (χ2n) is 6.92. The first-order chi connectivity index (χ1) is 14.3. The average Bonchev–Trinajstić information content (AvgIpc) is 2.75. The van der Waals surface area contributed by atoms with Gasteiger partial charge in [-0.3, -0.25) is 9.59 Å². The first-order valence-corrected chi connectivity index (χ1v) is 10.7. The summed E-state index contributed by atoms with van der Waals surface area (Å²) in [5, 5.41) is 2.51. The van der Waals surface area contributed by atoms with Crippen LogP contribution >= 0.6 is 0 Å². The number of Topliss-reactive ketones (excluding diaryl/α,β-unsaturated/α-hetero) is 1. The fourth-order valence-corrected chi connectivity index (χ4v) is 4.00. The van der Waals surface area contributed by atoms with Crippen molar-refractivity contribution < 1.29 is 18.0 Å². The Kier molecular flexibility index (Phi) is 6.44. The van der Waals surface area contributed by atoms with Gasteiger partial charge in [0.15, 0.2) is 0 Å². The summed E-state index contributed by atoms with van der Waals surface area (Å²) < 4.78 is 26.8. The van der Waals surface area contributed by atoms with Crippen LogP contribution in [0, 0.1) is 6.92 Å². The standard InChI is InChI=1S/C23H22N2O4S/c1-17-8-10-19(11-9-17)22(26)23(27)24-20-12-14-21(15-13-20)30(28,29)25(2)16-18-6-4-3-5-7-18/h3-15H,16H2,1-2H3,(H,24,27). The molecule has 0 aromatic heterocycles. The van der Waals surface area contributed by atoms with Gasteiger partial charge in [0.2, 0.25) is 10.0 Å². The van der Waals surface area contributed by atoms with Crippen LogP contribution < -0.4 is 5.32 Å². The number of amides is 1. The zero-order valence-corrected chi connectivity index (χ0v) is 17.5. The van der Waals surface area contributed by atoms with Gasteiger partial charge in [-0.1, -0.05) is 60.2 Å². The molecule has 1 N–H and O–H groups in total. The van der Waals surface area contributed by atoms with Crippen molar-refractivity contribution in [1.29, 1.82) is 0 Å². The molecule has 154 valence electrons. The second-order valence-corrected chi connectivity index (χ2v) is 8.97. The van der Waals surface area contributed by atoms with Crippen LogP contribution in [-0.4, -0.2) is 31.5 Å². The molecule has 0 fully saturated rings. The molecule has 0 atom stereocenters. The van der Waals surface area contributed by atoms with E-state index in [1.54, 1.807) is 24.3 Å². The van der Waals surface area contributed by atoms with Crippen molar-refractivity contribution in [2.24, 2.45) is 0 Å². The maximum absolute atomic E-state index is 12.8. The summed E-state index contributed by atoms with van der Waals surface area (Å²) in [4.78, 5) is 24.5. The Morgan fingerprint density at radius 1 is 0.867 bits per heavy atom. The lowest BCUT2D eigenvalue weighted by molar-refractivity contribution is -0.112. The van der Waals surface area contributed by atoms with Gasteiger partial charge >= 0.3 is 0 Å². The second kappa shape index (κ2) is 9.02. The maximum Gasteiger partial charge on any atom is 0.296 e. The highest BCUT2D eigenvalue weighted by molar-refractivity contribution is 7.89. The van der Waals surface area contributed by atoms with Crippen molar-refractivity contribution in [3.05, 3.63) is 95.6 Å². The highest BCUT2D eigenvalue weighted by Crippen LogP contribution is 2.19. The van der Waals surface area contributed by atoms with E-state index in [4.69, 9.17) is 0 Å². The van der Waals surface area contributed by atoms with Gasteiger partial charge in [0.1, 0.15) is 0 Å². The minimum atomic E-state index is -3.69. The van der Waals surface area contributed by atoms with E-state index in [-0.39, 0.29) is 11.4 Å². The van der Waals surface area contributed by atoms with Crippen molar-refractivity contribution in [1.82, 2.24) is 4.31 Å². The van der Waals surface area contributed by atoms with Crippen LogP contribution in [0.3, 0.4) is 0 Å². The Balaban J connectivity index is 1.68. The average molecular weight is 423 g/mol. The zero-order chi connectivity index (χ0) is 21.7. The molecule has 0 aliphatic rings. The number of sulfonamides is 1. The number of aryl methyl sites for hydroxylation is 1. The summed E-state index contributed by atoms with van der Waals surface area (Å²) in [6.07, 6.45) is 0. The number of hydrogen-bond donors (Lipinski definition) is 1. The quantitative estimate of drug-likeness (QED) is 0.465. The minimum Gasteiger partial charge on any atom is -0.319 e. The molecular formula is C23H22N2O4S. The molecule has 6 nitrogen and oxygen atoms in total. The summed E-state index contributed by atoms with van der Waals surface area (Å²) in [5.74, 6) is -1.44. The molecule has 0 bridgehead atoms. The highest BCUT2D eigenvalue weighted by Gasteiger charge is 2.21. The van der Waals surface area contributed by atoms with E-state index in [0.717, 1.165) is 11.1 Å². The first kappa shape index (κ1) is 21.4. The Hall–Kier alpha value is -3.29. The first-order valence-electron chi connectivity index (χ1n) is 9.30. The molecule has 0 radical (unpaired) electrons. The molecule has 0 saturated carbocycles. The SMILES string of the molecule is Cc1ccc(C(=O)C(=O)Nc2ccc(S(=O)(=O)N(C)Cc3ccccc3)cc2)cc1. The predicted octanol–water partition coefficient (Wildman–Crippen LogP) is 3.64. The Bertz CT molecular complexity index is 1140. The van der Waals surface area contributed by atoms with Crippen molar-refractivity contribution in [2.45, 2.75) is 18.4 Å². The summed E-state index contributed by atoms with van der Waals surface area (Å²) in [7, 11) is -2.18. The van der Waals surface area contributed by atoms with Crippen LogP contribution in [-0.2, 0) is 21.4 Å². The lowest BCUT2D eigenvalue weighted by Crippen LogP contribution is -2.26. The van der Waals surface area contributed by atoms with Gasteiger partial charge in [0.25, 0.3) is 11.7 Å². The molecule has 0 aliphatic heterocycles. The third-order valence-corrected chi connectivity index (χ3v) is 6.41. The molecule has 0 heterocycles. The number of carbonyl (C=O) groups is 2. The fourth-order valence-electron chi connectivity index (χ4n) is 2.84. The summed E-state index contributed by atoms with van der Waals surface area (Å²) in [5.41, 5.74) is 2.49. The molecule has 0 spiro atoms. The number of anilines is 1. The summed E-state index contributed by atoms with van der Waals surface area (Å²) >= 11 is 0. The lowest BCUT2D eigenvalue weighted by Gasteiger charge is -2.17. The predicted molar refractivity (Wildman–Crippen MR) is 116 cm³/mol. The largest absolute Gasteiger partial charge is 0.319 e. The Morgan fingerprint density at radius 3 is 2.07 bits per heavy atom. The van der Waals surface area contributed by atoms with Crippen LogP contribution in [0.25, 0.3) is 0 Å². The van der Waals surface area contributed by atoms with Crippen molar-refractivity contribution in [3.63, 3.8) is 0 Å². The Labute approximate surface area is 176 Å². The van der Waals surface area contributed by atoms with Gasteiger partial charge in [-0.2, -0.15) is 4.31 Å². The van der Waals surface area contributed by atoms with Gasteiger partial charge in [-0.15, -0.1) is 0 Å². The molecule has 3 aromatic carbocycles. The number of carbonyl (C=O) groups excluding carboxylic acids is 2. The van der Waals surface area contributed by atoms with Crippen LogP contribution in [0.2, 0.25) is 0 Å². The number of benzene rings is 3. The smallest absolute Gasteiger partial charge is 0.296 e. The molecule has 0 aliphatic carbocycles. The van der Waals surface area contributed by atoms with Gasteiger partial charge < -0.3 is 5.32 Å². The molecule has 1 amide bonds. The monoisotopic (exact) mass is 422 g/mol. The van der Waals surface area contributed by atoms with Crippen LogP contribution in [0.15, 0.2) is 83.8 Å². The van der Waals surface area contributed by atoms with E-state index in [1.807, 2.05) is 37.3 Å². The highest BCUT2D eigenvalue weighted by atomic mass is 32.2. The van der Waals surface area contributed by atoms with E-state index in [1.165, 1.54) is 35.6 Å². The summed E-state index contributed by atoms with van der Waals surface area (Å²) in [6.45, 7) is 2.13. The maximum atomic E-state index is 12.8. The molecule has 0 saturated heterocycles. The van der Waals surface area contributed by atoms with Gasteiger partial charge in [0, 0.05) is 24.8 Å².